The summed E-state index contributed by atoms with van der Waals surface area (Å²) in [5, 5.41) is 0. The Labute approximate surface area is 69.8 Å². The van der Waals surface area contributed by atoms with E-state index in [1.54, 1.807) is 25.1 Å². The Bertz CT molecular complexity index is 310. The predicted octanol–water partition coefficient (Wildman–Crippen LogP) is 2.17. The van der Waals surface area contributed by atoms with E-state index in [9.17, 15) is 0 Å². The maximum atomic E-state index is 4.91. The van der Waals surface area contributed by atoms with E-state index in [1.807, 2.05) is 18.2 Å². The molecule has 0 aliphatic heterocycles. The molecule has 12 heavy (non-hydrogen) atoms. The molecule has 2 aromatic rings. The fourth-order valence-corrected chi connectivity index (χ4v) is 0.914. The summed E-state index contributed by atoms with van der Waals surface area (Å²) in [4.78, 5) is 6.86. The highest BCUT2D eigenvalue weighted by Gasteiger charge is 1.87. The van der Waals surface area contributed by atoms with E-state index in [0.717, 1.165) is 11.3 Å². The van der Waals surface area contributed by atoms with Gasteiger partial charge in [-0.25, -0.2) is 4.98 Å². The second kappa shape index (κ2) is 3.09. The summed E-state index contributed by atoms with van der Waals surface area (Å²) in [6.07, 6.45) is 10.6. The second-order valence-corrected chi connectivity index (χ2v) is 2.40. The Kier molecular flexibility index (Phi) is 1.78. The molecule has 0 saturated carbocycles. The lowest BCUT2D eigenvalue weighted by Gasteiger charge is -1.81. The third-order valence-electron chi connectivity index (χ3n) is 1.52. The molecular weight excluding hydrogens is 152 g/mol. The third kappa shape index (κ3) is 1.45. The molecule has 0 amide bonds. The van der Waals surface area contributed by atoms with E-state index < -0.39 is 0 Å². The number of furan rings is 1. The van der Waals surface area contributed by atoms with E-state index in [1.165, 1.54) is 0 Å². The van der Waals surface area contributed by atoms with Gasteiger partial charge in [-0.1, -0.05) is 0 Å². The summed E-state index contributed by atoms with van der Waals surface area (Å²) < 4.78 is 4.91. The molecule has 0 unspecified atom stereocenters. The van der Waals surface area contributed by atoms with Crippen molar-refractivity contribution in [2.75, 3.05) is 0 Å². The monoisotopic (exact) mass is 160 g/mol. The van der Waals surface area contributed by atoms with Crippen molar-refractivity contribution in [2.24, 2.45) is 0 Å². The first-order valence-corrected chi connectivity index (χ1v) is 3.64. The van der Waals surface area contributed by atoms with Gasteiger partial charge in [-0.2, -0.15) is 0 Å². The van der Waals surface area contributed by atoms with E-state index in [-0.39, 0.29) is 0 Å². The van der Waals surface area contributed by atoms with Crippen LogP contribution in [0.15, 0.2) is 35.5 Å². The molecule has 0 fully saturated rings. The smallest absolute Gasteiger partial charge is 0.0974 e. The van der Waals surface area contributed by atoms with Gasteiger partial charge in [0, 0.05) is 5.56 Å². The molecule has 2 rings (SSSR count). The fourth-order valence-electron chi connectivity index (χ4n) is 0.914. The molecule has 60 valence electrons. The molecule has 0 saturated heterocycles. The van der Waals surface area contributed by atoms with Gasteiger partial charge in [-0.05, 0) is 18.2 Å². The number of hydrogen-bond acceptors (Lipinski definition) is 2. The summed E-state index contributed by atoms with van der Waals surface area (Å²) >= 11 is 0. The van der Waals surface area contributed by atoms with Crippen LogP contribution in [-0.2, 0) is 0 Å². The molecule has 0 aliphatic carbocycles. The first-order chi connectivity index (χ1) is 5.95. The lowest BCUT2D eigenvalue weighted by molar-refractivity contribution is 0.567. The van der Waals surface area contributed by atoms with Crippen LogP contribution in [0, 0.1) is 0 Å². The molecule has 3 nitrogen and oxygen atoms in total. The summed E-state index contributed by atoms with van der Waals surface area (Å²) in [6.45, 7) is 0. The van der Waals surface area contributed by atoms with Crippen molar-refractivity contribution >= 4 is 12.2 Å². The topological polar surface area (TPSA) is 41.8 Å². The molecule has 3 heteroatoms. The highest BCUT2D eigenvalue weighted by atomic mass is 16.3. The number of H-pyrrole nitrogens is 1. The lowest BCUT2D eigenvalue weighted by Crippen LogP contribution is -1.66. The normalized spacial score (nSPS) is 11.0. The Morgan fingerprint density at radius 2 is 2.42 bits per heavy atom. The van der Waals surface area contributed by atoms with Crippen LogP contribution < -0.4 is 0 Å². The minimum atomic E-state index is 0.983. The van der Waals surface area contributed by atoms with Crippen molar-refractivity contribution in [3.05, 3.63) is 42.4 Å². The van der Waals surface area contributed by atoms with Gasteiger partial charge < -0.3 is 9.40 Å². The Morgan fingerprint density at radius 1 is 1.42 bits per heavy atom. The van der Waals surface area contributed by atoms with Crippen LogP contribution in [0.1, 0.15) is 11.3 Å². The molecule has 1 N–H and O–H groups in total. The highest BCUT2D eigenvalue weighted by molar-refractivity contribution is 5.66. The van der Waals surface area contributed by atoms with E-state index in [0.29, 0.717) is 0 Å². The van der Waals surface area contributed by atoms with E-state index >= 15 is 0 Å². The number of hydrogen-bond donors (Lipinski definition) is 1. The number of imidazole rings is 1. The minimum absolute atomic E-state index is 0.983. The zero-order valence-electron chi connectivity index (χ0n) is 6.40. The molecule has 0 spiro atoms. The van der Waals surface area contributed by atoms with Gasteiger partial charge in [0.1, 0.15) is 0 Å². The molecule has 0 radical (unpaired) electrons. The highest BCUT2D eigenvalue weighted by Crippen LogP contribution is 2.05. The second-order valence-electron chi connectivity index (χ2n) is 2.40. The molecule has 0 atom stereocenters. The van der Waals surface area contributed by atoms with Crippen LogP contribution in [0.2, 0.25) is 0 Å². The van der Waals surface area contributed by atoms with Crippen LogP contribution in [0.3, 0.4) is 0 Å². The molecule has 2 heterocycles. The van der Waals surface area contributed by atoms with Crippen LogP contribution in [0.5, 0.6) is 0 Å². The zero-order valence-corrected chi connectivity index (χ0v) is 6.40. The van der Waals surface area contributed by atoms with Crippen LogP contribution in [0.25, 0.3) is 12.2 Å². The minimum Gasteiger partial charge on any atom is -0.472 e. The van der Waals surface area contributed by atoms with Gasteiger partial charge in [-0.15, -0.1) is 0 Å². The molecule has 0 aromatic carbocycles. The quantitative estimate of drug-likeness (QED) is 0.731. The van der Waals surface area contributed by atoms with Crippen molar-refractivity contribution < 1.29 is 4.42 Å². The number of nitrogens with one attached hydrogen (secondary N) is 1. The summed E-state index contributed by atoms with van der Waals surface area (Å²) in [5.41, 5.74) is 2.03. The van der Waals surface area contributed by atoms with Gasteiger partial charge >= 0.3 is 0 Å². The van der Waals surface area contributed by atoms with Gasteiger partial charge in [-0.3, -0.25) is 0 Å². The van der Waals surface area contributed by atoms with E-state index in [4.69, 9.17) is 4.42 Å². The maximum Gasteiger partial charge on any atom is 0.0974 e. The summed E-state index contributed by atoms with van der Waals surface area (Å²) in [7, 11) is 0. The molecule has 0 bridgehead atoms. The number of nitrogens with zero attached hydrogens (tertiary/aromatic N) is 1. The average Bonchev–Trinajstić information content (AvgIpc) is 2.74. The number of aromatic amines is 1. The molecular formula is C9H8N2O. The van der Waals surface area contributed by atoms with Crippen molar-refractivity contribution in [3.63, 3.8) is 0 Å². The third-order valence-corrected chi connectivity index (χ3v) is 1.52. The Hall–Kier alpha value is -1.77. The standard InChI is InChI=1S/C9H8N2O/c1(8-3-4-12-6-8)2-9-5-10-7-11-9/h1-7H,(H,10,11). The van der Waals surface area contributed by atoms with Crippen molar-refractivity contribution in [1.82, 2.24) is 9.97 Å². The first kappa shape index (κ1) is 6.91. The SMILES string of the molecule is C(=Cc1cnc[nH]1)c1ccoc1. The number of rotatable bonds is 2. The van der Waals surface area contributed by atoms with Gasteiger partial charge in [0.2, 0.25) is 0 Å². The lowest BCUT2D eigenvalue weighted by atomic mass is 10.3. The zero-order chi connectivity index (χ0) is 8.23. The molecule has 0 aliphatic rings. The Balaban J connectivity index is 2.14. The summed E-state index contributed by atoms with van der Waals surface area (Å²) in [6, 6.07) is 1.90. The van der Waals surface area contributed by atoms with Crippen LogP contribution in [0.4, 0.5) is 0 Å². The van der Waals surface area contributed by atoms with Crippen molar-refractivity contribution in [3.8, 4) is 0 Å². The summed E-state index contributed by atoms with van der Waals surface area (Å²) in [5.74, 6) is 0. The fraction of sp³-hybridized carbons (Fsp3) is 0. The van der Waals surface area contributed by atoms with Crippen molar-refractivity contribution in [2.45, 2.75) is 0 Å². The van der Waals surface area contributed by atoms with Gasteiger partial charge in [0.15, 0.2) is 0 Å². The van der Waals surface area contributed by atoms with Crippen LogP contribution >= 0.6 is 0 Å². The van der Waals surface area contributed by atoms with Crippen LogP contribution in [-0.4, -0.2) is 9.97 Å². The van der Waals surface area contributed by atoms with Crippen molar-refractivity contribution in [1.29, 1.82) is 0 Å². The van der Waals surface area contributed by atoms with E-state index in [2.05, 4.69) is 9.97 Å². The Morgan fingerprint density at radius 3 is 3.08 bits per heavy atom. The molecule has 2 aromatic heterocycles. The number of aromatic nitrogens is 2. The largest absolute Gasteiger partial charge is 0.472 e. The predicted molar refractivity (Wildman–Crippen MR) is 46.2 cm³/mol. The first-order valence-electron chi connectivity index (χ1n) is 3.64. The average molecular weight is 160 g/mol. The van der Waals surface area contributed by atoms with Gasteiger partial charge in [0.05, 0.1) is 30.7 Å². The van der Waals surface area contributed by atoms with Gasteiger partial charge in [0.25, 0.3) is 0 Å². The maximum absolute atomic E-state index is 4.91.